The molecule has 110 valence electrons. The number of carbonyl (C=O) groups is 1. The van der Waals surface area contributed by atoms with Crippen molar-refractivity contribution in [3.8, 4) is 0 Å². The summed E-state index contributed by atoms with van der Waals surface area (Å²) in [5.74, 6) is 0. The highest BCUT2D eigenvalue weighted by Gasteiger charge is 2.20. The van der Waals surface area contributed by atoms with Crippen LogP contribution in [0.25, 0.3) is 0 Å². The summed E-state index contributed by atoms with van der Waals surface area (Å²) in [5, 5.41) is 7.50. The first kappa shape index (κ1) is 14.6. The maximum absolute atomic E-state index is 12.3. The number of amides is 2. The summed E-state index contributed by atoms with van der Waals surface area (Å²) in [6.07, 6.45) is 3.07. The van der Waals surface area contributed by atoms with Crippen LogP contribution in [-0.4, -0.2) is 33.8 Å². The zero-order valence-electron chi connectivity index (χ0n) is 13.0. The monoisotopic (exact) mass is 276 g/mol. The lowest BCUT2D eigenvalue weighted by Gasteiger charge is -2.25. The number of aromatic nitrogens is 2. The van der Waals surface area contributed by atoms with Gasteiger partial charge in [0, 0.05) is 19.1 Å². The Morgan fingerprint density at radius 1 is 1.35 bits per heavy atom. The fraction of sp³-hybridized carbons (Fsp3) is 0.600. The average molecular weight is 276 g/mol. The van der Waals surface area contributed by atoms with Crippen molar-refractivity contribution >= 4 is 11.7 Å². The molecular formula is C15H24N4O. The van der Waals surface area contributed by atoms with E-state index in [0.29, 0.717) is 12.6 Å². The first-order chi connectivity index (χ1) is 9.40. The minimum absolute atomic E-state index is 0.0387. The van der Waals surface area contributed by atoms with Crippen molar-refractivity contribution in [3.63, 3.8) is 0 Å². The fourth-order valence-electron chi connectivity index (χ4n) is 2.49. The highest BCUT2D eigenvalue weighted by atomic mass is 16.2. The first-order valence-corrected chi connectivity index (χ1v) is 7.17. The van der Waals surface area contributed by atoms with Crippen LogP contribution in [-0.2, 0) is 0 Å². The molecule has 0 atom stereocenters. The van der Waals surface area contributed by atoms with E-state index in [4.69, 9.17) is 0 Å². The van der Waals surface area contributed by atoms with Crippen LogP contribution < -0.4 is 5.32 Å². The Kier molecular flexibility index (Phi) is 4.16. The van der Waals surface area contributed by atoms with E-state index in [1.165, 1.54) is 5.57 Å². The molecule has 20 heavy (non-hydrogen) atoms. The Bertz CT molecular complexity index is 542. The molecule has 5 heteroatoms. The van der Waals surface area contributed by atoms with Gasteiger partial charge in [-0.2, -0.15) is 5.10 Å². The molecule has 0 aliphatic carbocycles. The van der Waals surface area contributed by atoms with Crippen molar-refractivity contribution in [2.24, 2.45) is 0 Å². The minimum Gasteiger partial charge on any atom is -0.320 e. The van der Waals surface area contributed by atoms with Crippen molar-refractivity contribution in [1.82, 2.24) is 14.7 Å². The number of urea groups is 1. The van der Waals surface area contributed by atoms with Gasteiger partial charge in [-0.05, 0) is 41.0 Å². The number of nitrogens with zero attached hydrogens (tertiary/aromatic N) is 3. The predicted molar refractivity (Wildman–Crippen MR) is 81.1 cm³/mol. The van der Waals surface area contributed by atoms with Crippen molar-refractivity contribution in [3.05, 3.63) is 23.0 Å². The lowest BCUT2D eigenvalue weighted by atomic mass is 10.1. The Morgan fingerprint density at radius 2 is 2.05 bits per heavy atom. The highest BCUT2D eigenvalue weighted by Crippen LogP contribution is 2.23. The molecule has 1 aromatic heterocycles. The van der Waals surface area contributed by atoms with Crippen LogP contribution in [0.2, 0.25) is 0 Å². The fourth-order valence-corrected chi connectivity index (χ4v) is 2.49. The lowest BCUT2D eigenvalue weighted by Crippen LogP contribution is -2.38. The molecule has 1 aliphatic rings. The number of anilines is 1. The minimum atomic E-state index is -0.0387. The number of aryl methyl sites for hydroxylation is 1. The second-order valence-electron chi connectivity index (χ2n) is 5.76. The quantitative estimate of drug-likeness (QED) is 0.843. The van der Waals surface area contributed by atoms with Gasteiger partial charge < -0.3 is 10.2 Å². The molecule has 0 spiro atoms. The van der Waals surface area contributed by atoms with Gasteiger partial charge in [0.05, 0.1) is 17.1 Å². The summed E-state index contributed by atoms with van der Waals surface area (Å²) in [7, 11) is 0. The maximum Gasteiger partial charge on any atom is 0.322 e. The number of hydrogen-bond donors (Lipinski definition) is 1. The second kappa shape index (κ2) is 5.69. The van der Waals surface area contributed by atoms with Crippen molar-refractivity contribution in [1.29, 1.82) is 0 Å². The molecule has 0 saturated carbocycles. The SMILES string of the molecule is CC1=CCN(C(=O)Nc2c(C)nn(C(C)C)c2C)CC1. The van der Waals surface area contributed by atoms with E-state index in [-0.39, 0.29) is 6.03 Å². The van der Waals surface area contributed by atoms with Crippen LogP contribution in [0.3, 0.4) is 0 Å². The Balaban J connectivity index is 2.12. The van der Waals surface area contributed by atoms with Gasteiger partial charge in [0.2, 0.25) is 0 Å². The van der Waals surface area contributed by atoms with E-state index in [1.807, 2.05) is 23.4 Å². The normalized spacial score (nSPS) is 15.5. The van der Waals surface area contributed by atoms with Crippen LogP contribution in [0, 0.1) is 13.8 Å². The van der Waals surface area contributed by atoms with Crippen molar-refractivity contribution in [2.75, 3.05) is 18.4 Å². The van der Waals surface area contributed by atoms with Crippen molar-refractivity contribution < 1.29 is 4.79 Å². The Labute approximate surface area is 120 Å². The van der Waals surface area contributed by atoms with Crippen LogP contribution in [0.4, 0.5) is 10.5 Å². The summed E-state index contributed by atoms with van der Waals surface area (Å²) in [4.78, 5) is 14.1. The van der Waals surface area contributed by atoms with E-state index in [1.54, 1.807) is 0 Å². The van der Waals surface area contributed by atoms with E-state index in [2.05, 4.69) is 37.3 Å². The lowest BCUT2D eigenvalue weighted by molar-refractivity contribution is 0.215. The summed E-state index contributed by atoms with van der Waals surface area (Å²) < 4.78 is 1.95. The van der Waals surface area contributed by atoms with E-state index < -0.39 is 0 Å². The summed E-state index contributed by atoms with van der Waals surface area (Å²) >= 11 is 0. The van der Waals surface area contributed by atoms with Gasteiger partial charge in [0.25, 0.3) is 0 Å². The number of hydrogen-bond acceptors (Lipinski definition) is 2. The van der Waals surface area contributed by atoms with Crippen LogP contribution in [0.1, 0.15) is 44.6 Å². The molecule has 2 amide bonds. The molecule has 2 rings (SSSR count). The molecule has 1 aromatic rings. The van der Waals surface area contributed by atoms with Gasteiger partial charge in [0.1, 0.15) is 0 Å². The largest absolute Gasteiger partial charge is 0.322 e. The molecule has 0 radical (unpaired) electrons. The third kappa shape index (κ3) is 2.86. The molecule has 1 aliphatic heterocycles. The number of carbonyl (C=O) groups excluding carboxylic acids is 1. The predicted octanol–water partition coefficient (Wildman–Crippen LogP) is 3.26. The maximum atomic E-state index is 12.3. The Hall–Kier alpha value is -1.78. The zero-order chi connectivity index (χ0) is 14.9. The van der Waals surface area contributed by atoms with Crippen LogP contribution in [0.5, 0.6) is 0 Å². The number of rotatable bonds is 2. The van der Waals surface area contributed by atoms with E-state index >= 15 is 0 Å². The first-order valence-electron chi connectivity index (χ1n) is 7.17. The molecule has 2 heterocycles. The molecule has 0 unspecified atom stereocenters. The molecule has 0 aromatic carbocycles. The van der Waals surface area contributed by atoms with E-state index in [9.17, 15) is 4.79 Å². The van der Waals surface area contributed by atoms with Gasteiger partial charge in [-0.15, -0.1) is 0 Å². The van der Waals surface area contributed by atoms with Gasteiger partial charge in [-0.1, -0.05) is 11.6 Å². The van der Waals surface area contributed by atoms with Crippen molar-refractivity contribution in [2.45, 2.75) is 47.1 Å². The molecular weight excluding hydrogens is 252 g/mol. The summed E-state index contributed by atoms with van der Waals surface area (Å²) in [6.45, 7) is 11.7. The highest BCUT2D eigenvalue weighted by molar-refractivity contribution is 5.90. The topological polar surface area (TPSA) is 50.2 Å². The number of nitrogens with one attached hydrogen (secondary N) is 1. The zero-order valence-corrected chi connectivity index (χ0v) is 13.0. The van der Waals surface area contributed by atoms with E-state index in [0.717, 1.165) is 30.0 Å². The molecule has 5 nitrogen and oxygen atoms in total. The molecule has 0 fully saturated rings. The van der Waals surface area contributed by atoms with Crippen LogP contribution >= 0.6 is 0 Å². The van der Waals surface area contributed by atoms with Gasteiger partial charge in [-0.25, -0.2) is 4.79 Å². The molecule has 1 N–H and O–H groups in total. The van der Waals surface area contributed by atoms with Gasteiger partial charge >= 0.3 is 6.03 Å². The smallest absolute Gasteiger partial charge is 0.320 e. The standard InChI is InChI=1S/C15H24N4O/c1-10(2)19-13(5)14(12(4)17-19)16-15(20)18-8-6-11(3)7-9-18/h6,10H,7-9H2,1-5H3,(H,16,20). The van der Waals surface area contributed by atoms with Crippen LogP contribution in [0.15, 0.2) is 11.6 Å². The summed E-state index contributed by atoms with van der Waals surface area (Å²) in [6, 6.07) is 0.253. The third-order valence-corrected chi connectivity index (χ3v) is 3.77. The third-order valence-electron chi connectivity index (χ3n) is 3.77. The van der Waals surface area contributed by atoms with Gasteiger partial charge in [-0.3, -0.25) is 4.68 Å². The molecule has 0 saturated heterocycles. The Morgan fingerprint density at radius 3 is 2.55 bits per heavy atom. The second-order valence-corrected chi connectivity index (χ2v) is 5.76. The average Bonchev–Trinajstić information content (AvgIpc) is 2.67. The summed E-state index contributed by atoms with van der Waals surface area (Å²) in [5.41, 5.74) is 4.08. The van der Waals surface area contributed by atoms with Gasteiger partial charge in [0.15, 0.2) is 0 Å². The molecule has 0 bridgehead atoms.